The number of anilines is 1. The van der Waals surface area contributed by atoms with E-state index in [1.807, 2.05) is 6.92 Å². The van der Waals surface area contributed by atoms with Gasteiger partial charge in [0.2, 0.25) is 0 Å². The SMILES string of the molecule is C[C@@H]1CSCCN(C(=O)Nc2cccn(CC(F)(F)F)c2=O)C1. The van der Waals surface area contributed by atoms with Crippen LogP contribution in [0.4, 0.5) is 23.7 Å². The van der Waals surface area contributed by atoms with Gasteiger partial charge in [0.25, 0.3) is 5.56 Å². The van der Waals surface area contributed by atoms with Gasteiger partial charge in [0.15, 0.2) is 0 Å². The van der Waals surface area contributed by atoms with Crippen molar-refractivity contribution in [2.24, 2.45) is 5.92 Å². The van der Waals surface area contributed by atoms with Gasteiger partial charge >= 0.3 is 12.2 Å². The number of rotatable bonds is 2. The highest BCUT2D eigenvalue weighted by atomic mass is 32.2. The van der Waals surface area contributed by atoms with Crippen molar-refractivity contribution in [2.75, 3.05) is 29.9 Å². The summed E-state index contributed by atoms with van der Waals surface area (Å²) in [6, 6.07) is 2.16. The van der Waals surface area contributed by atoms with Gasteiger partial charge < -0.3 is 14.8 Å². The van der Waals surface area contributed by atoms with Gasteiger partial charge in [-0.3, -0.25) is 4.79 Å². The summed E-state index contributed by atoms with van der Waals surface area (Å²) in [4.78, 5) is 25.9. The van der Waals surface area contributed by atoms with E-state index in [1.54, 1.807) is 16.7 Å². The fourth-order valence-electron chi connectivity index (χ4n) is 2.31. The summed E-state index contributed by atoms with van der Waals surface area (Å²) < 4.78 is 37.8. The number of hydrogen-bond donors (Lipinski definition) is 1. The van der Waals surface area contributed by atoms with E-state index in [-0.39, 0.29) is 5.69 Å². The normalized spacial score (nSPS) is 19.3. The van der Waals surface area contributed by atoms with E-state index in [9.17, 15) is 22.8 Å². The highest BCUT2D eigenvalue weighted by Crippen LogP contribution is 2.18. The third-order valence-corrected chi connectivity index (χ3v) is 4.61. The van der Waals surface area contributed by atoms with Crippen LogP contribution >= 0.6 is 11.8 Å². The smallest absolute Gasteiger partial charge is 0.323 e. The van der Waals surface area contributed by atoms with E-state index in [0.717, 1.165) is 17.7 Å². The van der Waals surface area contributed by atoms with Crippen LogP contribution in [0.1, 0.15) is 6.92 Å². The average Bonchev–Trinajstić information content (AvgIpc) is 2.66. The molecule has 1 saturated heterocycles. The average molecular weight is 349 g/mol. The second-order valence-corrected chi connectivity index (χ2v) is 6.68. The first-order valence-corrected chi connectivity index (χ1v) is 8.31. The molecule has 0 spiro atoms. The van der Waals surface area contributed by atoms with Gasteiger partial charge in [-0.25, -0.2) is 4.79 Å². The minimum absolute atomic E-state index is 0.147. The summed E-state index contributed by atoms with van der Waals surface area (Å²) in [6.07, 6.45) is -3.44. The number of nitrogens with zero attached hydrogens (tertiary/aromatic N) is 2. The van der Waals surface area contributed by atoms with Crippen LogP contribution in [-0.4, -0.2) is 46.3 Å². The molecule has 1 aromatic rings. The molecule has 2 heterocycles. The molecule has 0 saturated carbocycles. The number of nitrogens with one attached hydrogen (secondary N) is 1. The Labute approximate surface area is 135 Å². The van der Waals surface area contributed by atoms with Crippen molar-refractivity contribution in [2.45, 2.75) is 19.6 Å². The summed E-state index contributed by atoms with van der Waals surface area (Å²) in [5.41, 5.74) is -1.01. The van der Waals surface area contributed by atoms with Crippen LogP contribution in [0.15, 0.2) is 23.1 Å². The van der Waals surface area contributed by atoms with Crippen molar-refractivity contribution in [1.82, 2.24) is 9.47 Å². The lowest BCUT2D eigenvalue weighted by atomic mass is 10.2. The molecule has 0 aromatic carbocycles. The lowest BCUT2D eigenvalue weighted by Crippen LogP contribution is -2.40. The summed E-state index contributed by atoms with van der Waals surface area (Å²) in [7, 11) is 0. The molecule has 1 aromatic heterocycles. The van der Waals surface area contributed by atoms with Crippen molar-refractivity contribution < 1.29 is 18.0 Å². The number of urea groups is 1. The van der Waals surface area contributed by atoms with Crippen LogP contribution < -0.4 is 10.9 Å². The van der Waals surface area contributed by atoms with Crippen LogP contribution in [0.2, 0.25) is 0 Å². The largest absolute Gasteiger partial charge is 0.406 e. The predicted octanol–water partition coefficient (Wildman–Crippen LogP) is 2.63. The van der Waals surface area contributed by atoms with Crippen molar-refractivity contribution >= 4 is 23.5 Å². The molecule has 128 valence electrons. The zero-order valence-electron chi connectivity index (χ0n) is 12.6. The van der Waals surface area contributed by atoms with Crippen molar-refractivity contribution in [3.63, 3.8) is 0 Å². The first-order chi connectivity index (χ1) is 10.8. The zero-order chi connectivity index (χ0) is 17.0. The summed E-state index contributed by atoms with van der Waals surface area (Å²) in [5.74, 6) is 2.07. The van der Waals surface area contributed by atoms with E-state index in [4.69, 9.17) is 0 Å². The number of amides is 2. The second kappa shape index (κ2) is 7.29. The Morgan fingerprint density at radius 3 is 2.91 bits per heavy atom. The first-order valence-electron chi connectivity index (χ1n) is 7.16. The number of aromatic nitrogens is 1. The van der Waals surface area contributed by atoms with E-state index in [1.165, 1.54) is 12.1 Å². The fraction of sp³-hybridized carbons (Fsp3) is 0.571. The van der Waals surface area contributed by atoms with Crippen LogP contribution in [0.5, 0.6) is 0 Å². The van der Waals surface area contributed by atoms with E-state index in [2.05, 4.69) is 5.32 Å². The van der Waals surface area contributed by atoms with Crippen molar-refractivity contribution in [3.8, 4) is 0 Å². The Morgan fingerprint density at radius 1 is 1.48 bits per heavy atom. The van der Waals surface area contributed by atoms with Gasteiger partial charge in [0, 0.05) is 25.0 Å². The Hall–Kier alpha value is -1.64. The van der Waals surface area contributed by atoms with Crippen LogP contribution in [-0.2, 0) is 6.54 Å². The molecule has 0 unspecified atom stereocenters. The molecular weight excluding hydrogens is 331 g/mol. The third-order valence-electron chi connectivity index (χ3n) is 3.34. The molecule has 1 atom stereocenters. The topological polar surface area (TPSA) is 54.3 Å². The van der Waals surface area contributed by atoms with Crippen molar-refractivity contribution in [1.29, 1.82) is 0 Å². The highest BCUT2D eigenvalue weighted by molar-refractivity contribution is 7.99. The number of hydrogen-bond acceptors (Lipinski definition) is 3. The molecule has 0 aliphatic carbocycles. The van der Waals surface area contributed by atoms with Gasteiger partial charge in [0.1, 0.15) is 12.2 Å². The lowest BCUT2D eigenvalue weighted by Gasteiger charge is -2.22. The monoisotopic (exact) mass is 349 g/mol. The molecule has 1 fully saturated rings. The molecule has 0 bridgehead atoms. The van der Waals surface area contributed by atoms with Crippen LogP contribution in [0, 0.1) is 5.92 Å². The molecule has 2 rings (SSSR count). The number of carbonyl (C=O) groups excluding carboxylic acids is 1. The number of pyridine rings is 1. The van der Waals surface area contributed by atoms with Crippen LogP contribution in [0.25, 0.3) is 0 Å². The Morgan fingerprint density at radius 2 is 2.22 bits per heavy atom. The summed E-state index contributed by atoms with van der Waals surface area (Å²) >= 11 is 1.75. The molecule has 1 aliphatic heterocycles. The molecule has 1 aliphatic rings. The molecule has 1 N–H and O–H groups in total. The van der Waals surface area contributed by atoms with E-state index in [0.29, 0.717) is 23.6 Å². The van der Waals surface area contributed by atoms with E-state index >= 15 is 0 Å². The Balaban J connectivity index is 2.12. The standard InChI is InChI=1S/C14H18F3N3O2S/c1-10-7-19(5-6-23-8-10)13(22)18-11-3-2-4-20(12(11)21)9-14(15,16)17/h2-4,10H,5-9H2,1H3,(H,18,22)/t10-/m0/s1. The maximum atomic E-state index is 12.4. The first kappa shape index (κ1) is 17.7. The maximum absolute atomic E-state index is 12.4. The van der Waals surface area contributed by atoms with Gasteiger partial charge in [-0.15, -0.1) is 0 Å². The van der Waals surface area contributed by atoms with E-state index < -0.39 is 24.3 Å². The second-order valence-electron chi connectivity index (χ2n) is 5.53. The third kappa shape index (κ3) is 5.19. The summed E-state index contributed by atoms with van der Waals surface area (Å²) in [5, 5.41) is 2.43. The number of carbonyl (C=O) groups is 1. The predicted molar refractivity (Wildman–Crippen MR) is 83.8 cm³/mol. The molecule has 5 nitrogen and oxygen atoms in total. The molecule has 2 amide bonds. The molecule has 0 radical (unpaired) electrons. The van der Waals surface area contributed by atoms with Gasteiger partial charge in [-0.2, -0.15) is 24.9 Å². The minimum atomic E-state index is -4.50. The number of alkyl halides is 3. The van der Waals surface area contributed by atoms with Gasteiger partial charge in [-0.05, 0) is 23.8 Å². The van der Waals surface area contributed by atoms with Crippen LogP contribution in [0.3, 0.4) is 0 Å². The number of halogens is 3. The maximum Gasteiger partial charge on any atom is 0.406 e. The molecular formula is C14H18F3N3O2S. The zero-order valence-corrected chi connectivity index (χ0v) is 13.4. The lowest BCUT2D eigenvalue weighted by molar-refractivity contribution is -0.141. The quantitative estimate of drug-likeness (QED) is 0.893. The Bertz CT molecular complexity index is 618. The fourth-order valence-corrected chi connectivity index (χ4v) is 3.33. The van der Waals surface area contributed by atoms with Crippen molar-refractivity contribution in [3.05, 3.63) is 28.7 Å². The highest BCUT2D eigenvalue weighted by Gasteiger charge is 2.29. The minimum Gasteiger partial charge on any atom is -0.323 e. The Kier molecular flexibility index (Phi) is 5.61. The molecule has 9 heteroatoms. The summed E-state index contributed by atoms with van der Waals surface area (Å²) in [6.45, 7) is 1.75. The van der Waals surface area contributed by atoms with Gasteiger partial charge in [0.05, 0.1) is 0 Å². The molecule has 23 heavy (non-hydrogen) atoms. The number of thioether (sulfide) groups is 1. The van der Waals surface area contributed by atoms with Gasteiger partial charge in [-0.1, -0.05) is 6.92 Å².